The fourth-order valence-corrected chi connectivity index (χ4v) is 5.41. The summed E-state index contributed by atoms with van der Waals surface area (Å²) in [4.78, 5) is 22.7. The molecule has 5 rings (SSSR count). The zero-order chi connectivity index (χ0) is 22.6. The number of nitrogens with zero attached hydrogens (tertiary/aromatic N) is 2. The van der Waals surface area contributed by atoms with Crippen LogP contribution in [0, 0.1) is 0 Å². The lowest BCUT2D eigenvalue weighted by Gasteiger charge is -2.30. The summed E-state index contributed by atoms with van der Waals surface area (Å²) in [6.07, 6.45) is 4.42. The molecule has 168 valence electrons. The number of aliphatic imine (C=N–C) groups is 1. The van der Waals surface area contributed by atoms with Crippen molar-refractivity contribution in [2.24, 2.45) is 4.99 Å². The quantitative estimate of drug-likeness (QED) is 0.478. The van der Waals surface area contributed by atoms with Crippen LogP contribution in [0.1, 0.15) is 40.7 Å². The van der Waals surface area contributed by atoms with E-state index >= 15 is 0 Å². The molecule has 1 N–H and O–H groups in total. The molecule has 0 radical (unpaired) electrons. The maximum absolute atomic E-state index is 12.9. The van der Waals surface area contributed by atoms with Gasteiger partial charge in [-0.05, 0) is 67.6 Å². The number of hydrogen-bond acceptors (Lipinski definition) is 4. The number of hydrogen-bond donors (Lipinski definition) is 1. The van der Waals surface area contributed by atoms with Gasteiger partial charge in [0.1, 0.15) is 5.84 Å². The van der Waals surface area contributed by atoms with Gasteiger partial charge in [-0.15, -0.1) is 0 Å². The first-order valence-corrected chi connectivity index (χ1v) is 12.6. The topological polar surface area (TPSA) is 44.7 Å². The summed E-state index contributed by atoms with van der Waals surface area (Å²) in [5, 5.41) is 3.76. The van der Waals surface area contributed by atoms with E-state index in [0.29, 0.717) is 12.1 Å². The monoisotopic (exact) mass is 475 g/mol. The predicted octanol–water partition coefficient (Wildman–Crippen LogP) is 6.34. The zero-order valence-electron chi connectivity index (χ0n) is 18.4. The highest BCUT2D eigenvalue weighted by Crippen LogP contribution is 2.41. The molecule has 1 fully saturated rings. The van der Waals surface area contributed by atoms with E-state index in [4.69, 9.17) is 16.6 Å². The maximum atomic E-state index is 12.9. The van der Waals surface area contributed by atoms with Gasteiger partial charge in [0, 0.05) is 45.6 Å². The van der Waals surface area contributed by atoms with Crippen molar-refractivity contribution < 1.29 is 4.79 Å². The average molecular weight is 476 g/mol. The minimum atomic E-state index is -0.0757. The number of nitrogens with one attached hydrogen (secondary N) is 1. The summed E-state index contributed by atoms with van der Waals surface area (Å²) in [6, 6.07) is 22.0. The number of amides is 1. The van der Waals surface area contributed by atoms with Crippen molar-refractivity contribution in [2.45, 2.75) is 35.5 Å². The van der Waals surface area contributed by atoms with Gasteiger partial charge in [0.25, 0.3) is 5.91 Å². The van der Waals surface area contributed by atoms with Crippen molar-refractivity contribution in [3.05, 3.63) is 88.4 Å². The molecule has 0 saturated carbocycles. The third-order valence-electron chi connectivity index (χ3n) is 6.06. The second-order valence-corrected chi connectivity index (χ2v) is 9.92. The highest BCUT2D eigenvalue weighted by atomic mass is 35.5. The fourth-order valence-electron chi connectivity index (χ4n) is 4.29. The molecule has 0 unspecified atom stereocenters. The molecule has 0 aliphatic carbocycles. The second-order valence-electron chi connectivity index (χ2n) is 8.40. The van der Waals surface area contributed by atoms with Crippen LogP contribution in [0.4, 0.5) is 5.69 Å². The van der Waals surface area contributed by atoms with E-state index < -0.39 is 0 Å². The van der Waals surface area contributed by atoms with Crippen LogP contribution < -0.4 is 5.32 Å². The van der Waals surface area contributed by atoms with Gasteiger partial charge < -0.3 is 10.2 Å². The van der Waals surface area contributed by atoms with E-state index in [1.807, 2.05) is 42.5 Å². The SMILES string of the molecule is O=C(NCCc1ccc(Cl)cc1)c1ccc2c(c1)N=C(N1CCCCC1)c1ccccc1S2. The molecule has 2 aliphatic heterocycles. The second kappa shape index (κ2) is 10.0. The first kappa shape index (κ1) is 22.1. The third-order valence-corrected chi connectivity index (χ3v) is 7.46. The molecule has 0 atom stereocenters. The highest BCUT2D eigenvalue weighted by Gasteiger charge is 2.23. The van der Waals surface area contributed by atoms with Crippen LogP contribution in [0.15, 0.2) is 81.5 Å². The Morgan fingerprint density at radius 1 is 0.970 bits per heavy atom. The zero-order valence-corrected chi connectivity index (χ0v) is 20.0. The summed E-state index contributed by atoms with van der Waals surface area (Å²) >= 11 is 7.67. The van der Waals surface area contributed by atoms with Gasteiger partial charge in [-0.25, -0.2) is 4.99 Å². The molecule has 33 heavy (non-hydrogen) atoms. The Morgan fingerprint density at radius 2 is 1.76 bits per heavy atom. The van der Waals surface area contributed by atoms with Crippen molar-refractivity contribution >= 4 is 40.8 Å². The number of carbonyl (C=O) groups is 1. The number of carbonyl (C=O) groups excluding carboxylic acids is 1. The number of halogens is 1. The lowest BCUT2D eigenvalue weighted by atomic mass is 10.1. The van der Waals surface area contributed by atoms with Gasteiger partial charge >= 0.3 is 0 Å². The Balaban J connectivity index is 1.37. The Bertz CT molecular complexity index is 1190. The van der Waals surface area contributed by atoms with Gasteiger partial charge in [-0.3, -0.25) is 4.79 Å². The van der Waals surface area contributed by atoms with Crippen molar-refractivity contribution in [3.63, 3.8) is 0 Å². The Labute approximate surface area is 204 Å². The largest absolute Gasteiger partial charge is 0.356 e. The Hall–Kier alpha value is -2.76. The molecule has 0 spiro atoms. The lowest BCUT2D eigenvalue weighted by Crippen LogP contribution is -2.36. The minimum Gasteiger partial charge on any atom is -0.356 e. The molecule has 4 nitrogen and oxygen atoms in total. The fraction of sp³-hybridized carbons (Fsp3) is 0.259. The Kier molecular flexibility index (Phi) is 6.70. The first-order chi connectivity index (χ1) is 16.2. The number of amidine groups is 1. The van der Waals surface area contributed by atoms with E-state index in [-0.39, 0.29) is 5.91 Å². The molecule has 0 bridgehead atoms. The molecule has 2 aliphatic rings. The van der Waals surface area contributed by atoms with Gasteiger partial charge in [0.05, 0.1) is 5.69 Å². The van der Waals surface area contributed by atoms with E-state index in [2.05, 4.69) is 34.5 Å². The molecule has 3 aromatic carbocycles. The van der Waals surface area contributed by atoms with Crippen molar-refractivity contribution in [3.8, 4) is 0 Å². The maximum Gasteiger partial charge on any atom is 0.251 e. The van der Waals surface area contributed by atoms with Crippen LogP contribution in [0.3, 0.4) is 0 Å². The van der Waals surface area contributed by atoms with Crippen LogP contribution in [-0.4, -0.2) is 36.3 Å². The van der Waals surface area contributed by atoms with Crippen LogP contribution in [0.25, 0.3) is 0 Å². The number of rotatable bonds is 4. The van der Waals surface area contributed by atoms with Crippen LogP contribution in [-0.2, 0) is 6.42 Å². The number of benzene rings is 3. The molecular formula is C27H26ClN3OS. The number of likely N-dealkylation sites (tertiary alicyclic amines) is 1. The molecule has 1 saturated heterocycles. The van der Waals surface area contributed by atoms with E-state index in [9.17, 15) is 4.79 Å². The van der Waals surface area contributed by atoms with E-state index in [1.54, 1.807) is 11.8 Å². The summed E-state index contributed by atoms with van der Waals surface area (Å²) in [7, 11) is 0. The molecular weight excluding hydrogens is 450 g/mol. The minimum absolute atomic E-state index is 0.0757. The normalized spacial score (nSPS) is 15.2. The number of piperidine rings is 1. The smallest absolute Gasteiger partial charge is 0.251 e. The van der Waals surface area contributed by atoms with Gasteiger partial charge in [0.15, 0.2) is 0 Å². The molecule has 6 heteroatoms. The lowest BCUT2D eigenvalue weighted by molar-refractivity contribution is 0.0954. The summed E-state index contributed by atoms with van der Waals surface area (Å²) in [5.41, 5.74) is 3.82. The van der Waals surface area contributed by atoms with Gasteiger partial charge in [-0.2, -0.15) is 0 Å². The molecule has 3 aromatic rings. The third kappa shape index (κ3) is 5.10. The predicted molar refractivity (Wildman–Crippen MR) is 136 cm³/mol. The summed E-state index contributed by atoms with van der Waals surface area (Å²) < 4.78 is 0. The number of fused-ring (bicyclic) bond motifs is 2. The Morgan fingerprint density at radius 3 is 2.58 bits per heavy atom. The van der Waals surface area contributed by atoms with Crippen molar-refractivity contribution in [1.29, 1.82) is 0 Å². The molecule has 0 aromatic heterocycles. The van der Waals surface area contributed by atoms with Crippen molar-refractivity contribution in [1.82, 2.24) is 10.2 Å². The van der Waals surface area contributed by atoms with E-state index in [1.165, 1.54) is 29.7 Å². The summed E-state index contributed by atoms with van der Waals surface area (Å²) in [5.74, 6) is 0.949. The summed E-state index contributed by atoms with van der Waals surface area (Å²) in [6.45, 7) is 2.62. The standard InChI is InChI=1S/C27H26ClN3OS/c28-21-11-8-19(9-12-21)14-15-29-27(32)20-10-13-25-23(18-20)30-26(31-16-4-1-5-17-31)22-6-2-3-7-24(22)33-25/h2-3,6-13,18H,1,4-5,14-17H2,(H,29,32). The van der Waals surface area contributed by atoms with Gasteiger partial charge in [0.2, 0.25) is 0 Å². The van der Waals surface area contributed by atoms with Crippen molar-refractivity contribution in [2.75, 3.05) is 19.6 Å². The molecule has 2 heterocycles. The average Bonchev–Trinajstić information content (AvgIpc) is 3.02. The van der Waals surface area contributed by atoms with E-state index in [0.717, 1.165) is 46.5 Å². The highest BCUT2D eigenvalue weighted by molar-refractivity contribution is 7.99. The van der Waals surface area contributed by atoms with Crippen LogP contribution >= 0.6 is 23.4 Å². The molecule has 1 amide bonds. The van der Waals surface area contributed by atoms with Crippen LogP contribution in [0.5, 0.6) is 0 Å². The first-order valence-electron chi connectivity index (χ1n) is 11.4. The van der Waals surface area contributed by atoms with Crippen LogP contribution in [0.2, 0.25) is 5.02 Å². The van der Waals surface area contributed by atoms with Gasteiger partial charge in [-0.1, -0.05) is 53.7 Å².